The Bertz CT molecular complexity index is 823. The van der Waals surface area contributed by atoms with Crippen LogP contribution in [-0.2, 0) is 17.9 Å². The zero-order valence-corrected chi connectivity index (χ0v) is 17.5. The zero-order chi connectivity index (χ0) is 20.8. The molecule has 0 radical (unpaired) electrons. The van der Waals surface area contributed by atoms with E-state index in [0.29, 0.717) is 19.1 Å². The minimum Gasteiger partial charge on any atom is -0.352 e. The second-order valence-electron chi connectivity index (χ2n) is 8.51. The summed E-state index contributed by atoms with van der Waals surface area (Å²) in [5.74, 6) is 0.100. The second kappa shape index (κ2) is 10.1. The minimum absolute atomic E-state index is 0.0619. The minimum atomic E-state index is -0.115. The summed E-state index contributed by atoms with van der Waals surface area (Å²) >= 11 is 0. The summed E-state index contributed by atoms with van der Waals surface area (Å²) in [6.07, 6.45) is 7.73. The monoisotopic (exact) mass is 410 g/mol. The average Bonchev–Trinajstić information content (AvgIpc) is 2.80. The molecule has 2 aliphatic heterocycles. The Kier molecular flexibility index (Phi) is 7.07. The SMILES string of the molecule is O=C(NCc1cccnc1)[C@@H]1CCCN(C2CCN(Cc3ccccc3F)CC2)C1. The van der Waals surface area contributed by atoms with Crippen LogP contribution in [0.15, 0.2) is 48.8 Å². The van der Waals surface area contributed by atoms with Crippen molar-refractivity contribution in [2.24, 2.45) is 5.92 Å². The average molecular weight is 411 g/mol. The topological polar surface area (TPSA) is 48.5 Å². The highest BCUT2D eigenvalue weighted by Gasteiger charge is 2.31. The van der Waals surface area contributed by atoms with Gasteiger partial charge in [0, 0.05) is 43.6 Å². The molecule has 2 saturated heterocycles. The Balaban J connectivity index is 1.24. The van der Waals surface area contributed by atoms with Gasteiger partial charge in [0.05, 0.1) is 5.92 Å². The molecule has 1 aromatic heterocycles. The van der Waals surface area contributed by atoms with Crippen LogP contribution in [0.2, 0.25) is 0 Å². The number of carbonyl (C=O) groups is 1. The molecule has 0 spiro atoms. The van der Waals surface area contributed by atoms with E-state index in [2.05, 4.69) is 20.1 Å². The first-order valence-electron chi connectivity index (χ1n) is 11.1. The number of benzene rings is 1. The zero-order valence-electron chi connectivity index (χ0n) is 17.5. The lowest BCUT2D eigenvalue weighted by molar-refractivity contribution is -0.127. The van der Waals surface area contributed by atoms with Gasteiger partial charge in [0.1, 0.15) is 5.82 Å². The van der Waals surface area contributed by atoms with E-state index in [1.807, 2.05) is 24.3 Å². The van der Waals surface area contributed by atoms with E-state index in [1.165, 1.54) is 6.07 Å². The number of hydrogen-bond donors (Lipinski definition) is 1. The molecule has 0 bridgehead atoms. The first-order chi connectivity index (χ1) is 14.7. The molecule has 2 fully saturated rings. The van der Waals surface area contributed by atoms with Gasteiger partial charge in [-0.1, -0.05) is 24.3 Å². The van der Waals surface area contributed by atoms with E-state index in [9.17, 15) is 9.18 Å². The van der Waals surface area contributed by atoms with E-state index in [-0.39, 0.29) is 17.6 Å². The summed E-state index contributed by atoms with van der Waals surface area (Å²) in [7, 11) is 0. The maximum atomic E-state index is 13.9. The number of pyridine rings is 1. The normalized spacial score (nSPS) is 21.4. The fraction of sp³-hybridized carbons (Fsp3) is 0.500. The molecule has 1 amide bonds. The van der Waals surface area contributed by atoms with Crippen LogP contribution in [0, 0.1) is 11.7 Å². The van der Waals surface area contributed by atoms with Gasteiger partial charge in [-0.25, -0.2) is 4.39 Å². The second-order valence-corrected chi connectivity index (χ2v) is 8.51. The van der Waals surface area contributed by atoms with Crippen molar-refractivity contribution in [1.29, 1.82) is 0 Å². The molecule has 2 aliphatic rings. The van der Waals surface area contributed by atoms with E-state index < -0.39 is 0 Å². The first kappa shape index (κ1) is 20.9. The molecule has 2 aromatic rings. The number of nitrogens with one attached hydrogen (secondary N) is 1. The van der Waals surface area contributed by atoms with Gasteiger partial charge < -0.3 is 5.32 Å². The molecule has 0 aliphatic carbocycles. The molecule has 6 heteroatoms. The van der Waals surface area contributed by atoms with Crippen molar-refractivity contribution in [3.63, 3.8) is 0 Å². The number of nitrogens with zero attached hydrogens (tertiary/aromatic N) is 3. The van der Waals surface area contributed by atoms with Crippen molar-refractivity contribution < 1.29 is 9.18 Å². The van der Waals surface area contributed by atoms with Crippen LogP contribution in [-0.4, -0.2) is 52.9 Å². The highest BCUT2D eigenvalue weighted by molar-refractivity contribution is 5.78. The highest BCUT2D eigenvalue weighted by atomic mass is 19.1. The van der Waals surface area contributed by atoms with E-state index in [0.717, 1.165) is 63.0 Å². The summed E-state index contributed by atoms with van der Waals surface area (Å²) in [5, 5.41) is 3.08. The van der Waals surface area contributed by atoms with Crippen molar-refractivity contribution in [1.82, 2.24) is 20.1 Å². The Morgan fingerprint density at radius 1 is 1.10 bits per heavy atom. The van der Waals surface area contributed by atoms with Crippen LogP contribution in [0.4, 0.5) is 4.39 Å². The fourth-order valence-corrected chi connectivity index (χ4v) is 4.70. The number of halogens is 1. The quantitative estimate of drug-likeness (QED) is 0.795. The van der Waals surface area contributed by atoms with Crippen molar-refractivity contribution in [2.45, 2.75) is 44.8 Å². The van der Waals surface area contributed by atoms with Crippen LogP contribution < -0.4 is 5.32 Å². The number of amides is 1. The highest BCUT2D eigenvalue weighted by Crippen LogP contribution is 2.25. The molecule has 5 nitrogen and oxygen atoms in total. The molecule has 1 N–H and O–H groups in total. The summed E-state index contributed by atoms with van der Waals surface area (Å²) in [4.78, 5) is 21.6. The lowest BCUT2D eigenvalue weighted by Crippen LogP contribution is -2.50. The van der Waals surface area contributed by atoms with Crippen molar-refractivity contribution in [3.8, 4) is 0 Å². The van der Waals surface area contributed by atoms with Crippen molar-refractivity contribution >= 4 is 5.91 Å². The predicted octanol–water partition coefficient (Wildman–Crippen LogP) is 3.21. The van der Waals surface area contributed by atoms with Crippen LogP contribution in [0.3, 0.4) is 0 Å². The van der Waals surface area contributed by atoms with E-state index in [1.54, 1.807) is 18.5 Å². The number of rotatable bonds is 6. The third-order valence-electron chi connectivity index (χ3n) is 6.44. The van der Waals surface area contributed by atoms with Gasteiger partial charge in [-0.2, -0.15) is 0 Å². The number of aromatic nitrogens is 1. The molecule has 4 rings (SSSR count). The number of piperidine rings is 2. The van der Waals surface area contributed by atoms with Gasteiger partial charge in [0.2, 0.25) is 5.91 Å². The molecular weight excluding hydrogens is 379 g/mol. The maximum absolute atomic E-state index is 13.9. The van der Waals surface area contributed by atoms with Crippen LogP contribution in [0.5, 0.6) is 0 Å². The summed E-state index contributed by atoms with van der Waals surface area (Å²) in [6, 6.07) is 11.5. The third-order valence-corrected chi connectivity index (χ3v) is 6.44. The van der Waals surface area contributed by atoms with E-state index >= 15 is 0 Å². The van der Waals surface area contributed by atoms with Gasteiger partial charge in [-0.05, 0) is 63.0 Å². The molecule has 0 unspecified atom stereocenters. The fourth-order valence-electron chi connectivity index (χ4n) is 4.70. The number of likely N-dealkylation sites (tertiary alicyclic amines) is 2. The Labute approximate surface area is 178 Å². The molecule has 3 heterocycles. The van der Waals surface area contributed by atoms with Gasteiger partial charge >= 0.3 is 0 Å². The van der Waals surface area contributed by atoms with Crippen molar-refractivity contribution in [3.05, 3.63) is 65.7 Å². The van der Waals surface area contributed by atoms with Crippen LogP contribution >= 0.6 is 0 Å². The van der Waals surface area contributed by atoms with Crippen LogP contribution in [0.1, 0.15) is 36.8 Å². The van der Waals surface area contributed by atoms with Gasteiger partial charge in [-0.3, -0.25) is 19.6 Å². The van der Waals surface area contributed by atoms with Crippen LogP contribution in [0.25, 0.3) is 0 Å². The summed E-state index contributed by atoms with van der Waals surface area (Å²) in [6.45, 7) is 5.10. The molecule has 160 valence electrons. The molecule has 0 saturated carbocycles. The van der Waals surface area contributed by atoms with E-state index in [4.69, 9.17) is 0 Å². The van der Waals surface area contributed by atoms with Crippen molar-refractivity contribution in [2.75, 3.05) is 26.2 Å². The summed E-state index contributed by atoms with van der Waals surface area (Å²) in [5.41, 5.74) is 1.81. The first-order valence-corrected chi connectivity index (χ1v) is 11.1. The molecule has 30 heavy (non-hydrogen) atoms. The summed E-state index contributed by atoms with van der Waals surface area (Å²) < 4.78 is 13.9. The molecular formula is C24H31FN4O. The Hall–Kier alpha value is -2.31. The lowest BCUT2D eigenvalue weighted by atomic mass is 9.93. The third kappa shape index (κ3) is 5.43. The Morgan fingerprint density at radius 3 is 2.70 bits per heavy atom. The predicted molar refractivity (Wildman–Crippen MR) is 115 cm³/mol. The largest absolute Gasteiger partial charge is 0.352 e. The number of hydrogen-bond acceptors (Lipinski definition) is 4. The smallest absolute Gasteiger partial charge is 0.224 e. The standard InChI is InChI=1S/C24H31FN4O/c25-23-8-2-1-6-20(23)17-28-13-9-22(10-14-28)29-12-4-7-21(18-29)24(30)27-16-19-5-3-11-26-15-19/h1-3,5-6,8,11,15,21-22H,4,7,9-10,12-14,16-18H2,(H,27,30)/t21-/m1/s1. The maximum Gasteiger partial charge on any atom is 0.224 e. The van der Waals surface area contributed by atoms with Gasteiger partial charge in [-0.15, -0.1) is 0 Å². The lowest BCUT2D eigenvalue weighted by Gasteiger charge is -2.42. The number of carbonyl (C=O) groups excluding carboxylic acids is 1. The Morgan fingerprint density at radius 2 is 1.93 bits per heavy atom. The molecule has 1 atom stereocenters. The van der Waals surface area contributed by atoms with Gasteiger partial charge in [0.15, 0.2) is 0 Å². The molecule has 1 aromatic carbocycles. The van der Waals surface area contributed by atoms with Gasteiger partial charge in [0.25, 0.3) is 0 Å².